The molecular weight excluding hydrogens is 227 g/mol. The number of halogens is 4. The van der Waals surface area contributed by atoms with Crippen LogP contribution in [0.3, 0.4) is 0 Å². The lowest BCUT2D eigenvalue weighted by molar-refractivity contribution is -0.187. The van der Waals surface area contributed by atoms with Crippen LogP contribution in [0.25, 0.3) is 0 Å². The Labute approximate surface area is 81.7 Å². The first-order valence-electron chi connectivity index (χ1n) is 3.31. The first-order chi connectivity index (χ1) is 6.29. The predicted molar refractivity (Wildman–Crippen MR) is 39.4 cm³/mol. The molecule has 4 nitrogen and oxygen atoms in total. The average Bonchev–Trinajstić information content (AvgIpc) is 2.03. The second-order valence-corrected chi connectivity index (χ2v) is 2.59. The Morgan fingerprint density at radius 2 is 2.07 bits per heavy atom. The zero-order valence-electron chi connectivity index (χ0n) is 6.89. The van der Waals surface area contributed by atoms with Gasteiger partial charge in [0.15, 0.2) is 0 Å². The van der Waals surface area contributed by atoms with Gasteiger partial charge >= 0.3 is 17.1 Å². The lowest BCUT2D eigenvalue weighted by atomic mass is 10.3. The van der Waals surface area contributed by atoms with Gasteiger partial charge in [-0.25, -0.2) is 9.59 Å². The Morgan fingerprint density at radius 1 is 1.57 bits per heavy atom. The van der Waals surface area contributed by atoms with Crippen LogP contribution in [0, 0.1) is 0 Å². The van der Waals surface area contributed by atoms with Crippen LogP contribution in [0.5, 0.6) is 0 Å². The molecule has 0 unspecified atom stereocenters. The molecule has 0 N–H and O–H groups in total. The van der Waals surface area contributed by atoms with Gasteiger partial charge in [0.25, 0.3) is 0 Å². The molecule has 0 saturated carbocycles. The van der Waals surface area contributed by atoms with E-state index in [9.17, 15) is 22.8 Å². The monoisotopic (exact) mass is 231 g/mol. The standard InChI is InChI=1S/C6H5ClF3NO3/c1-2-14-4(13)5(7,11-3-12)6(8,9)10/h2H2,1H3/t5-/m0/s1. The molecule has 0 aliphatic heterocycles. The Hall–Kier alpha value is -1.07. The molecule has 14 heavy (non-hydrogen) atoms. The van der Waals surface area contributed by atoms with E-state index in [1.165, 1.54) is 6.92 Å². The highest BCUT2D eigenvalue weighted by atomic mass is 35.5. The summed E-state index contributed by atoms with van der Waals surface area (Å²) < 4.78 is 40.5. The Balaban J connectivity index is 5.10. The third-order valence-corrected chi connectivity index (χ3v) is 1.57. The van der Waals surface area contributed by atoms with Gasteiger partial charge in [0.1, 0.15) is 0 Å². The van der Waals surface area contributed by atoms with Gasteiger partial charge in [0.2, 0.25) is 6.08 Å². The predicted octanol–water partition coefficient (Wildman–Crippen LogP) is 1.38. The zero-order valence-corrected chi connectivity index (χ0v) is 7.65. The summed E-state index contributed by atoms with van der Waals surface area (Å²) in [7, 11) is 0. The summed E-state index contributed by atoms with van der Waals surface area (Å²) in [6.45, 7) is 0.980. The number of isocyanates is 1. The fourth-order valence-corrected chi connectivity index (χ4v) is 0.603. The minimum Gasteiger partial charge on any atom is -0.463 e. The van der Waals surface area contributed by atoms with Crippen LogP contribution in [0.15, 0.2) is 4.99 Å². The van der Waals surface area contributed by atoms with Crippen molar-refractivity contribution in [1.82, 2.24) is 0 Å². The largest absolute Gasteiger partial charge is 0.463 e. The maximum Gasteiger partial charge on any atom is 0.439 e. The molecule has 0 aromatic rings. The molecule has 0 aliphatic carbocycles. The Morgan fingerprint density at radius 3 is 2.36 bits per heavy atom. The lowest BCUT2D eigenvalue weighted by Crippen LogP contribution is -2.46. The number of hydrogen-bond acceptors (Lipinski definition) is 4. The van der Waals surface area contributed by atoms with Crippen molar-refractivity contribution in [2.75, 3.05) is 6.61 Å². The van der Waals surface area contributed by atoms with E-state index in [2.05, 4.69) is 9.73 Å². The number of esters is 1. The molecule has 0 aromatic carbocycles. The third-order valence-electron chi connectivity index (χ3n) is 1.12. The summed E-state index contributed by atoms with van der Waals surface area (Å²) in [6.07, 6.45) is -4.63. The quantitative estimate of drug-likeness (QED) is 0.242. The summed E-state index contributed by atoms with van der Waals surface area (Å²) >= 11 is 4.82. The van der Waals surface area contributed by atoms with E-state index in [-0.39, 0.29) is 6.61 Å². The number of nitrogens with zero attached hydrogens (tertiary/aromatic N) is 1. The van der Waals surface area contributed by atoms with Crippen molar-refractivity contribution in [3.05, 3.63) is 0 Å². The van der Waals surface area contributed by atoms with Crippen molar-refractivity contribution in [3.63, 3.8) is 0 Å². The smallest absolute Gasteiger partial charge is 0.439 e. The van der Waals surface area contributed by atoms with Crippen LogP contribution in [0.1, 0.15) is 6.92 Å². The van der Waals surface area contributed by atoms with Gasteiger partial charge in [-0.15, -0.1) is 0 Å². The van der Waals surface area contributed by atoms with Crippen LogP contribution < -0.4 is 0 Å². The SMILES string of the molecule is CCOC(=O)[C@](Cl)(N=C=O)C(F)(F)F. The van der Waals surface area contributed by atoms with Crippen LogP contribution in [-0.2, 0) is 14.3 Å². The van der Waals surface area contributed by atoms with E-state index in [1.807, 2.05) is 0 Å². The van der Waals surface area contributed by atoms with Gasteiger partial charge in [-0.05, 0) is 6.92 Å². The first-order valence-corrected chi connectivity index (χ1v) is 3.69. The van der Waals surface area contributed by atoms with Crippen molar-refractivity contribution in [3.8, 4) is 0 Å². The van der Waals surface area contributed by atoms with E-state index in [4.69, 9.17) is 11.6 Å². The topological polar surface area (TPSA) is 55.7 Å². The van der Waals surface area contributed by atoms with Gasteiger partial charge in [-0.2, -0.15) is 18.2 Å². The summed E-state index contributed by atoms with van der Waals surface area (Å²) in [5, 5.41) is 0. The number of alkyl halides is 4. The van der Waals surface area contributed by atoms with Crippen molar-refractivity contribution >= 4 is 23.7 Å². The number of ether oxygens (including phenoxy) is 1. The van der Waals surface area contributed by atoms with Crippen molar-refractivity contribution < 1.29 is 27.5 Å². The van der Waals surface area contributed by atoms with Gasteiger partial charge in [-0.3, -0.25) is 0 Å². The van der Waals surface area contributed by atoms with Gasteiger partial charge in [0, 0.05) is 0 Å². The van der Waals surface area contributed by atoms with E-state index in [1.54, 1.807) is 0 Å². The lowest BCUT2D eigenvalue weighted by Gasteiger charge is -2.21. The van der Waals surface area contributed by atoms with Gasteiger partial charge in [0.05, 0.1) is 6.61 Å². The van der Waals surface area contributed by atoms with E-state index in [0.29, 0.717) is 6.08 Å². The molecule has 0 aromatic heterocycles. The Kier molecular flexibility index (Phi) is 4.09. The van der Waals surface area contributed by atoms with E-state index < -0.39 is 17.1 Å². The molecule has 0 bridgehead atoms. The highest BCUT2D eigenvalue weighted by Crippen LogP contribution is 2.38. The molecule has 8 heteroatoms. The molecule has 0 rings (SSSR count). The van der Waals surface area contributed by atoms with Crippen LogP contribution in [0.4, 0.5) is 13.2 Å². The minimum absolute atomic E-state index is 0.308. The third kappa shape index (κ3) is 2.46. The maximum atomic E-state index is 12.2. The van der Waals surface area contributed by atoms with Crippen molar-refractivity contribution in [1.29, 1.82) is 0 Å². The molecule has 80 valence electrons. The van der Waals surface area contributed by atoms with Gasteiger partial charge in [-0.1, -0.05) is 11.6 Å². The average molecular weight is 232 g/mol. The molecule has 0 spiro atoms. The summed E-state index contributed by atoms with van der Waals surface area (Å²) in [5.41, 5.74) is 0. The van der Waals surface area contributed by atoms with Crippen LogP contribution in [0.2, 0.25) is 0 Å². The second-order valence-electron chi connectivity index (χ2n) is 2.04. The number of rotatable bonds is 3. The molecule has 0 heterocycles. The molecule has 0 saturated heterocycles. The molecular formula is C6H5ClF3NO3. The number of carbonyl (C=O) groups is 1. The molecule has 0 fully saturated rings. The number of carbonyl (C=O) groups excluding carboxylic acids is 2. The van der Waals surface area contributed by atoms with E-state index in [0.717, 1.165) is 0 Å². The molecule has 0 amide bonds. The van der Waals surface area contributed by atoms with Crippen molar-refractivity contribution in [2.45, 2.75) is 18.1 Å². The van der Waals surface area contributed by atoms with Crippen LogP contribution in [-0.4, -0.2) is 29.8 Å². The highest BCUT2D eigenvalue weighted by Gasteiger charge is 2.62. The van der Waals surface area contributed by atoms with Crippen LogP contribution >= 0.6 is 11.6 Å². The minimum atomic E-state index is -5.21. The van der Waals surface area contributed by atoms with Crippen molar-refractivity contribution in [2.24, 2.45) is 4.99 Å². The first kappa shape index (κ1) is 12.9. The molecule has 1 atom stereocenters. The summed E-state index contributed by atoms with van der Waals surface area (Å²) in [5.74, 6) is -1.85. The highest BCUT2D eigenvalue weighted by molar-refractivity contribution is 6.34. The van der Waals surface area contributed by atoms with Gasteiger partial charge < -0.3 is 4.74 Å². The number of aliphatic imine (C=N–C) groups is 1. The van der Waals surface area contributed by atoms with E-state index >= 15 is 0 Å². The zero-order chi connectivity index (χ0) is 11.4. The fourth-order valence-electron chi connectivity index (χ4n) is 0.514. The summed E-state index contributed by atoms with van der Waals surface area (Å²) in [6, 6.07) is 0. The maximum absolute atomic E-state index is 12.2. The molecule has 0 aliphatic rings. The Bertz CT molecular complexity index is 274. The summed E-state index contributed by atoms with van der Waals surface area (Å²) in [4.78, 5) is 19.0. The molecule has 0 radical (unpaired) electrons. The normalized spacial score (nSPS) is 15.2. The second kappa shape index (κ2) is 4.43. The fraction of sp³-hybridized carbons (Fsp3) is 0.667. The number of hydrogen-bond donors (Lipinski definition) is 0.